The Labute approximate surface area is 125 Å². The molecule has 1 atom stereocenters. The molecule has 0 bridgehead atoms. The van der Waals surface area contributed by atoms with Crippen LogP contribution in [0.5, 0.6) is 0 Å². The minimum absolute atomic E-state index is 0.0543. The SMILES string of the molecule is Cc1ccc(CC(NN)c2ccc(S(C)(=O)=O)cc2)cc1. The van der Waals surface area contributed by atoms with Crippen molar-refractivity contribution in [1.29, 1.82) is 0 Å². The molecular weight excluding hydrogens is 284 g/mol. The zero-order valence-corrected chi connectivity index (χ0v) is 13.0. The maximum Gasteiger partial charge on any atom is 0.175 e. The first-order valence-corrected chi connectivity index (χ1v) is 8.61. The van der Waals surface area contributed by atoms with Crippen LogP contribution in [-0.2, 0) is 16.3 Å². The van der Waals surface area contributed by atoms with Gasteiger partial charge < -0.3 is 0 Å². The topological polar surface area (TPSA) is 72.2 Å². The van der Waals surface area contributed by atoms with Gasteiger partial charge in [-0.05, 0) is 36.6 Å². The Kier molecular flexibility index (Phi) is 4.77. The fraction of sp³-hybridized carbons (Fsp3) is 0.250. The monoisotopic (exact) mass is 304 g/mol. The molecule has 2 aromatic carbocycles. The molecule has 5 heteroatoms. The first-order chi connectivity index (χ1) is 9.90. The quantitative estimate of drug-likeness (QED) is 0.656. The van der Waals surface area contributed by atoms with Gasteiger partial charge in [-0.2, -0.15) is 0 Å². The molecule has 112 valence electrons. The Morgan fingerprint density at radius 3 is 2.10 bits per heavy atom. The standard InChI is InChI=1S/C16H20N2O2S/c1-12-3-5-13(6-4-12)11-16(18-17)14-7-9-15(10-8-14)21(2,19)20/h3-10,16,18H,11,17H2,1-2H3. The number of hydrazine groups is 1. The van der Waals surface area contributed by atoms with E-state index in [1.54, 1.807) is 24.3 Å². The van der Waals surface area contributed by atoms with E-state index in [1.807, 2.05) is 6.92 Å². The molecule has 2 rings (SSSR count). The van der Waals surface area contributed by atoms with E-state index in [0.29, 0.717) is 4.90 Å². The molecule has 3 N–H and O–H groups in total. The number of rotatable bonds is 5. The van der Waals surface area contributed by atoms with E-state index < -0.39 is 9.84 Å². The van der Waals surface area contributed by atoms with Crippen LogP contribution in [0.4, 0.5) is 0 Å². The Balaban J connectivity index is 2.19. The molecule has 2 aromatic rings. The molecule has 0 radical (unpaired) electrons. The third-order valence-electron chi connectivity index (χ3n) is 3.47. The zero-order chi connectivity index (χ0) is 15.5. The Bertz CT molecular complexity index is 692. The highest BCUT2D eigenvalue weighted by atomic mass is 32.2. The fourth-order valence-electron chi connectivity index (χ4n) is 2.18. The van der Waals surface area contributed by atoms with E-state index in [4.69, 9.17) is 5.84 Å². The van der Waals surface area contributed by atoms with E-state index in [1.165, 1.54) is 17.4 Å². The summed E-state index contributed by atoms with van der Waals surface area (Å²) < 4.78 is 22.9. The van der Waals surface area contributed by atoms with Crippen LogP contribution >= 0.6 is 0 Å². The van der Waals surface area contributed by atoms with Crippen molar-refractivity contribution in [3.05, 3.63) is 65.2 Å². The van der Waals surface area contributed by atoms with Gasteiger partial charge >= 0.3 is 0 Å². The maximum absolute atomic E-state index is 11.5. The largest absolute Gasteiger partial charge is 0.271 e. The normalized spacial score (nSPS) is 13.1. The molecule has 0 aromatic heterocycles. The van der Waals surface area contributed by atoms with Crippen molar-refractivity contribution in [3.8, 4) is 0 Å². The van der Waals surface area contributed by atoms with Gasteiger partial charge in [0, 0.05) is 12.3 Å². The summed E-state index contributed by atoms with van der Waals surface area (Å²) in [5.41, 5.74) is 6.15. The average Bonchev–Trinajstić information content (AvgIpc) is 2.46. The summed E-state index contributed by atoms with van der Waals surface area (Å²) in [5.74, 6) is 5.64. The Hall–Kier alpha value is -1.69. The lowest BCUT2D eigenvalue weighted by molar-refractivity contribution is 0.551. The number of nitrogens with two attached hydrogens (primary N) is 1. The molecular formula is C16H20N2O2S. The van der Waals surface area contributed by atoms with Crippen LogP contribution in [0.25, 0.3) is 0 Å². The molecule has 0 spiro atoms. The smallest absolute Gasteiger partial charge is 0.175 e. The second-order valence-corrected chi connectivity index (χ2v) is 7.27. The number of benzene rings is 2. The lowest BCUT2D eigenvalue weighted by atomic mass is 9.99. The number of aryl methyl sites for hydroxylation is 1. The molecule has 0 aliphatic rings. The second kappa shape index (κ2) is 6.39. The summed E-state index contributed by atoms with van der Waals surface area (Å²) >= 11 is 0. The maximum atomic E-state index is 11.5. The molecule has 0 saturated heterocycles. The van der Waals surface area contributed by atoms with Crippen LogP contribution in [0.2, 0.25) is 0 Å². The van der Waals surface area contributed by atoms with E-state index in [2.05, 4.69) is 29.7 Å². The van der Waals surface area contributed by atoms with Crippen LogP contribution < -0.4 is 11.3 Å². The molecule has 1 unspecified atom stereocenters. The number of nitrogens with one attached hydrogen (secondary N) is 1. The van der Waals surface area contributed by atoms with Crippen molar-refractivity contribution in [3.63, 3.8) is 0 Å². The lowest BCUT2D eigenvalue weighted by Gasteiger charge is -2.17. The van der Waals surface area contributed by atoms with Gasteiger partial charge in [0.1, 0.15) is 0 Å². The third-order valence-corrected chi connectivity index (χ3v) is 4.60. The minimum Gasteiger partial charge on any atom is -0.271 e. The van der Waals surface area contributed by atoms with Gasteiger partial charge in [0.25, 0.3) is 0 Å². The van der Waals surface area contributed by atoms with Crippen LogP contribution in [0, 0.1) is 6.92 Å². The van der Waals surface area contributed by atoms with Crippen LogP contribution in [0.3, 0.4) is 0 Å². The zero-order valence-electron chi connectivity index (χ0n) is 12.2. The van der Waals surface area contributed by atoms with Crippen molar-refractivity contribution >= 4 is 9.84 Å². The summed E-state index contributed by atoms with van der Waals surface area (Å²) in [6.45, 7) is 2.05. The van der Waals surface area contributed by atoms with Gasteiger partial charge in [0.15, 0.2) is 9.84 Å². The van der Waals surface area contributed by atoms with Crippen molar-refractivity contribution in [2.45, 2.75) is 24.3 Å². The summed E-state index contributed by atoms with van der Waals surface area (Å²) in [4.78, 5) is 0.317. The Morgan fingerprint density at radius 2 is 1.62 bits per heavy atom. The highest BCUT2D eigenvalue weighted by Crippen LogP contribution is 2.20. The van der Waals surface area contributed by atoms with E-state index in [0.717, 1.165) is 12.0 Å². The molecule has 0 aliphatic heterocycles. The first kappa shape index (κ1) is 15.7. The molecule has 4 nitrogen and oxygen atoms in total. The predicted octanol–water partition coefficient (Wildman–Crippen LogP) is 2.15. The summed E-state index contributed by atoms with van der Waals surface area (Å²) in [7, 11) is -3.17. The van der Waals surface area contributed by atoms with Crippen molar-refractivity contribution in [2.24, 2.45) is 5.84 Å². The van der Waals surface area contributed by atoms with E-state index in [-0.39, 0.29) is 6.04 Å². The highest BCUT2D eigenvalue weighted by molar-refractivity contribution is 7.90. The molecule has 0 aliphatic carbocycles. The number of hydrogen-bond donors (Lipinski definition) is 2. The van der Waals surface area contributed by atoms with Gasteiger partial charge in [-0.3, -0.25) is 11.3 Å². The number of sulfone groups is 1. The Morgan fingerprint density at radius 1 is 1.05 bits per heavy atom. The first-order valence-electron chi connectivity index (χ1n) is 6.72. The van der Waals surface area contributed by atoms with Crippen molar-refractivity contribution in [2.75, 3.05) is 6.26 Å². The fourth-order valence-corrected chi connectivity index (χ4v) is 2.81. The molecule has 0 saturated carbocycles. The van der Waals surface area contributed by atoms with Gasteiger partial charge in [-0.15, -0.1) is 0 Å². The number of hydrogen-bond acceptors (Lipinski definition) is 4. The average molecular weight is 304 g/mol. The summed E-state index contributed by atoms with van der Waals surface area (Å²) in [5, 5.41) is 0. The van der Waals surface area contributed by atoms with Crippen LogP contribution in [-0.4, -0.2) is 14.7 Å². The molecule has 21 heavy (non-hydrogen) atoms. The van der Waals surface area contributed by atoms with E-state index in [9.17, 15) is 8.42 Å². The third kappa shape index (κ3) is 4.14. The van der Waals surface area contributed by atoms with Crippen LogP contribution in [0.1, 0.15) is 22.7 Å². The van der Waals surface area contributed by atoms with Gasteiger partial charge in [-0.25, -0.2) is 8.42 Å². The summed E-state index contributed by atoms with van der Waals surface area (Å²) in [6.07, 6.45) is 1.95. The van der Waals surface area contributed by atoms with Crippen LogP contribution in [0.15, 0.2) is 53.4 Å². The van der Waals surface area contributed by atoms with E-state index >= 15 is 0 Å². The van der Waals surface area contributed by atoms with Crippen molar-refractivity contribution in [1.82, 2.24) is 5.43 Å². The summed E-state index contributed by atoms with van der Waals surface area (Å²) in [6, 6.07) is 15.1. The molecule has 0 fully saturated rings. The van der Waals surface area contributed by atoms with Crippen molar-refractivity contribution < 1.29 is 8.42 Å². The lowest BCUT2D eigenvalue weighted by Crippen LogP contribution is -2.29. The highest BCUT2D eigenvalue weighted by Gasteiger charge is 2.12. The van der Waals surface area contributed by atoms with Gasteiger partial charge in [0.2, 0.25) is 0 Å². The minimum atomic E-state index is -3.17. The molecule has 0 heterocycles. The van der Waals surface area contributed by atoms with Gasteiger partial charge in [-0.1, -0.05) is 42.0 Å². The second-order valence-electron chi connectivity index (χ2n) is 5.25. The van der Waals surface area contributed by atoms with Gasteiger partial charge in [0.05, 0.1) is 4.90 Å². The predicted molar refractivity (Wildman–Crippen MR) is 84.5 cm³/mol. The molecule has 0 amide bonds.